The number of ether oxygens (including phenoxy) is 2. The third-order valence-electron chi connectivity index (χ3n) is 4.82. The molecule has 0 radical (unpaired) electrons. The molecule has 2 atom stereocenters. The molecule has 1 saturated heterocycles. The Morgan fingerprint density at radius 3 is 1.92 bits per heavy atom. The van der Waals surface area contributed by atoms with Gasteiger partial charge in [-0.1, -0.05) is 84.1 Å². The van der Waals surface area contributed by atoms with Crippen molar-refractivity contribution in [2.24, 2.45) is 0 Å². The molecule has 1 fully saturated rings. The van der Waals surface area contributed by atoms with Gasteiger partial charge in [-0.2, -0.15) is 0 Å². The fraction of sp³-hybridized carbons (Fsp3) is 0.857. The van der Waals surface area contributed by atoms with E-state index in [1.54, 1.807) is 0 Å². The number of rotatable bonds is 17. The molecule has 140 valence electrons. The maximum atomic E-state index is 10.9. The summed E-state index contributed by atoms with van der Waals surface area (Å²) >= 11 is 0. The van der Waals surface area contributed by atoms with Gasteiger partial charge in [-0.25, -0.2) is 4.79 Å². The van der Waals surface area contributed by atoms with Gasteiger partial charge < -0.3 is 9.47 Å². The molecule has 0 N–H and O–H groups in total. The van der Waals surface area contributed by atoms with Gasteiger partial charge in [0.25, 0.3) is 0 Å². The Bertz CT molecular complexity index is 327. The third kappa shape index (κ3) is 11.7. The lowest BCUT2D eigenvalue weighted by Gasteiger charge is -2.02. The van der Waals surface area contributed by atoms with E-state index < -0.39 is 0 Å². The first-order valence-electron chi connectivity index (χ1n) is 10.2. The first kappa shape index (κ1) is 21.2. The van der Waals surface area contributed by atoms with Gasteiger partial charge in [0.15, 0.2) is 0 Å². The van der Waals surface area contributed by atoms with E-state index >= 15 is 0 Å². The molecule has 0 spiro atoms. The van der Waals surface area contributed by atoms with Crippen LogP contribution in [0.15, 0.2) is 12.7 Å². The Kier molecular flexibility index (Phi) is 12.8. The third-order valence-corrected chi connectivity index (χ3v) is 4.82. The van der Waals surface area contributed by atoms with Crippen molar-refractivity contribution in [3.63, 3.8) is 0 Å². The number of hydrogen-bond donors (Lipinski definition) is 0. The quantitative estimate of drug-likeness (QED) is 0.142. The molecule has 0 aromatic carbocycles. The van der Waals surface area contributed by atoms with Gasteiger partial charge in [-0.05, 0) is 19.3 Å². The summed E-state index contributed by atoms with van der Waals surface area (Å²) in [6, 6.07) is 0. The van der Waals surface area contributed by atoms with E-state index in [1.807, 2.05) is 0 Å². The minimum atomic E-state index is -0.310. The lowest BCUT2D eigenvalue weighted by molar-refractivity contribution is -0.137. The zero-order chi connectivity index (χ0) is 17.5. The molecule has 0 saturated carbocycles. The first-order chi connectivity index (χ1) is 11.8. The minimum absolute atomic E-state index is 0.310. The zero-order valence-electron chi connectivity index (χ0n) is 15.8. The predicted molar refractivity (Wildman–Crippen MR) is 100 cm³/mol. The van der Waals surface area contributed by atoms with Crippen LogP contribution in [0.25, 0.3) is 0 Å². The van der Waals surface area contributed by atoms with E-state index in [9.17, 15) is 4.79 Å². The number of unbranched alkanes of at least 4 members (excludes halogenated alkanes) is 10. The average Bonchev–Trinajstić information content (AvgIpc) is 3.34. The second kappa shape index (κ2) is 14.5. The fourth-order valence-corrected chi connectivity index (χ4v) is 3.20. The van der Waals surface area contributed by atoms with Crippen LogP contribution in [0.4, 0.5) is 0 Å². The molecule has 0 aromatic heterocycles. The van der Waals surface area contributed by atoms with Crippen LogP contribution in [0.5, 0.6) is 0 Å². The Balaban J connectivity index is 1.75. The number of carbonyl (C=O) groups is 1. The lowest BCUT2D eigenvalue weighted by atomic mass is 10.0. The van der Waals surface area contributed by atoms with Gasteiger partial charge in [0.2, 0.25) is 0 Å². The maximum absolute atomic E-state index is 10.9. The van der Waals surface area contributed by atoms with E-state index in [1.165, 1.54) is 83.1 Å². The molecular weight excluding hydrogens is 300 g/mol. The summed E-state index contributed by atoms with van der Waals surface area (Å²) in [5.41, 5.74) is 0. The van der Waals surface area contributed by atoms with Crippen LogP contribution in [0.3, 0.4) is 0 Å². The molecule has 3 nitrogen and oxygen atoms in total. The van der Waals surface area contributed by atoms with Crippen molar-refractivity contribution in [2.45, 2.75) is 109 Å². The van der Waals surface area contributed by atoms with Gasteiger partial charge in [0.05, 0.1) is 18.8 Å². The molecule has 1 heterocycles. The van der Waals surface area contributed by atoms with Crippen molar-refractivity contribution in [1.82, 2.24) is 0 Å². The molecule has 1 rings (SSSR count). The summed E-state index contributed by atoms with van der Waals surface area (Å²) in [5.74, 6) is -0.310. The van der Waals surface area contributed by atoms with Gasteiger partial charge >= 0.3 is 5.97 Å². The zero-order valence-corrected chi connectivity index (χ0v) is 15.8. The van der Waals surface area contributed by atoms with Crippen molar-refractivity contribution in [1.29, 1.82) is 0 Å². The van der Waals surface area contributed by atoms with Crippen molar-refractivity contribution >= 4 is 5.97 Å². The van der Waals surface area contributed by atoms with E-state index in [2.05, 4.69) is 13.5 Å². The maximum Gasteiger partial charge on any atom is 0.330 e. The minimum Gasteiger partial charge on any atom is -0.463 e. The van der Waals surface area contributed by atoms with Crippen LogP contribution >= 0.6 is 0 Å². The summed E-state index contributed by atoms with van der Waals surface area (Å²) in [6.45, 7) is 6.18. The van der Waals surface area contributed by atoms with Crippen molar-refractivity contribution in [2.75, 3.05) is 6.61 Å². The standard InChI is InChI=1S/C21H38O3/c1-3-5-6-7-10-13-16-19-20(24-19)17-14-11-8-9-12-15-18-23-21(22)4-2/h4,19-20H,2-3,5-18H2,1H3/t19-,20+/m1/s1. The van der Waals surface area contributed by atoms with E-state index in [0.29, 0.717) is 18.8 Å². The molecule has 0 aromatic rings. The highest BCUT2D eigenvalue weighted by Gasteiger charge is 2.36. The van der Waals surface area contributed by atoms with Crippen LogP contribution in [0, 0.1) is 0 Å². The number of hydrogen-bond acceptors (Lipinski definition) is 3. The number of esters is 1. The van der Waals surface area contributed by atoms with Crippen molar-refractivity contribution < 1.29 is 14.3 Å². The average molecular weight is 339 g/mol. The molecule has 0 bridgehead atoms. The molecular formula is C21H38O3. The summed E-state index contributed by atoms with van der Waals surface area (Å²) in [6.07, 6.45) is 20.4. The summed E-state index contributed by atoms with van der Waals surface area (Å²) in [7, 11) is 0. The molecule has 1 aliphatic rings. The van der Waals surface area contributed by atoms with E-state index in [4.69, 9.17) is 9.47 Å². The Hall–Kier alpha value is -0.830. The van der Waals surface area contributed by atoms with Crippen LogP contribution in [0.2, 0.25) is 0 Å². The number of epoxide rings is 1. The molecule has 0 amide bonds. The highest BCUT2D eigenvalue weighted by atomic mass is 16.6. The normalized spacial score (nSPS) is 19.2. The first-order valence-corrected chi connectivity index (χ1v) is 10.2. The van der Waals surface area contributed by atoms with Gasteiger partial charge in [-0.3, -0.25) is 0 Å². The fourth-order valence-electron chi connectivity index (χ4n) is 3.20. The lowest BCUT2D eigenvalue weighted by Crippen LogP contribution is -2.01. The largest absolute Gasteiger partial charge is 0.463 e. The van der Waals surface area contributed by atoms with Gasteiger partial charge in [0.1, 0.15) is 0 Å². The number of carbonyl (C=O) groups excluding carboxylic acids is 1. The highest BCUT2D eigenvalue weighted by molar-refractivity contribution is 5.81. The van der Waals surface area contributed by atoms with Crippen LogP contribution < -0.4 is 0 Å². The Labute approximate surface area is 149 Å². The Morgan fingerprint density at radius 1 is 0.875 bits per heavy atom. The molecule has 3 heteroatoms. The second-order valence-electron chi connectivity index (χ2n) is 7.05. The van der Waals surface area contributed by atoms with E-state index in [-0.39, 0.29) is 5.97 Å². The molecule has 0 aliphatic carbocycles. The second-order valence-corrected chi connectivity index (χ2v) is 7.05. The Morgan fingerprint density at radius 2 is 1.38 bits per heavy atom. The monoisotopic (exact) mass is 338 g/mol. The summed E-state index contributed by atoms with van der Waals surface area (Å²) < 4.78 is 10.7. The van der Waals surface area contributed by atoms with Crippen LogP contribution in [-0.4, -0.2) is 24.8 Å². The SMILES string of the molecule is C=CC(=O)OCCCCCCCC[C@@H]1O[C@@H]1CCCCCCCC. The van der Waals surface area contributed by atoms with Gasteiger partial charge in [0, 0.05) is 6.08 Å². The molecule has 1 aliphatic heterocycles. The summed E-state index contributed by atoms with van der Waals surface area (Å²) in [4.78, 5) is 10.9. The smallest absolute Gasteiger partial charge is 0.330 e. The van der Waals surface area contributed by atoms with Crippen molar-refractivity contribution in [3.8, 4) is 0 Å². The van der Waals surface area contributed by atoms with Crippen LogP contribution in [0.1, 0.15) is 96.8 Å². The van der Waals surface area contributed by atoms with Gasteiger partial charge in [-0.15, -0.1) is 0 Å². The van der Waals surface area contributed by atoms with Crippen LogP contribution in [-0.2, 0) is 14.3 Å². The van der Waals surface area contributed by atoms with E-state index in [0.717, 1.165) is 12.8 Å². The highest BCUT2D eigenvalue weighted by Crippen LogP contribution is 2.31. The topological polar surface area (TPSA) is 38.8 Å². The summed E-state index contributed by atoms with van der Waals surface area (Å²) in [5, 5.41) is 0. The van der Waals surface area contributed by atoms with Crippen molar-refractivity contribution in [3.05, 3.63) is 12.7 Å². The predicted octanol–water partition coefficient (Wildman–Crippen LogP) is 5.96. The molecule has 24 heavy (non-hydrogen) atoms. The molecule has 0 unspecified atom stereocenters.